The Labute approximate surface area is 207 Å². The summed E-state index contributed by atoms with van der Waals surface area (Å²) in [6, 6.07) is 0. The fraction of sp³-hybridized carbons (Fsp3) is 0.923. The smallest absolute Gasteiger partial charge is 0.306 e. The zero-order chi connectivity index (χ0) is 25.0. The number of carbonyl (C=O) groups excluding carboxylic acids is 2. The topological polar surface area (TPSA) is 80.3 Å². The molecule has 1 saturated carbocycles. The van der Waals surface area contributed by atoms with Gasteiger partial charge in [-0.2, -0.15) is 0 Å². The highest BCUT2D eigenvalue weighted by Crippen LogP contribution is 2.54. The van der Waals surface area contributed by atoms with Crippen LogP contribution in [0.2, 0.25) is 5.04 Å². The molecule has 2 aliphatic heterocycles. The molecular formula is C26H46O7Si. The molecule has 3 aliphatic rings. The third-order valence-electron chi connectivity index (χ3n) is 7.66. The first-order valence-corrected chi connectivity index (χ1v) is 14.5. The van der Waals surface area contributed by atoms with Crippen LogP contribution in [0.1, 0.15) is 106 Å². The van der Waals surface area contributed by atoms with E-state index in [-0.39, 0.29) is 41.6 Å². The third-order valence-corrected chi connectivity index (χ3v) is 9.39. The van der Waals surface area contributed by atoms with E-state index in [4.69, 9.17) is 23.4 Å². The van der Waals surface area contributed by atoms with Crippen molar-refractivity contribution in [1.82, 2.24) is 0 Å². The van der Waals surface area contributed by atoms with Crippen molar-refractivity contribution in [2.45, 2.75) is 141 Å². The molecule has 2 saturated heterocycles. The summed E-state index contributed by atoms with van der Waals surface area (Å²) < 4.78 is 30.7. The molecular weight excluding hydrogens is 452 g/mol. The molecule has 34 heavy (non-hydrogen) atoms. The van der Waals surface area contributed by atoms with Crippen LogP contribution in [0.4, 0.5) is 0 Å². The second-order valence-corrected chi connectivity index (χ2v) is 14.8. The lowest BCUT2D eigenvalue weighted by molar-refractivity contribution is -0.190. The molecule has 8 heteroatoms. The number of hydrogen-bond donors (Lipinski definition) is 0. The maximum atomic E-state index is 12.2. The average molecular weight is 499 g/mol. The summed E-state index contributed by atoms with van der Waals surface area (Å²) in [5.41, 5.74) is -0.947. The first-order chi connectivity index (χ1) is 15.9. The van der Waals surface area contributed by atoms with Crippen LogP contribution in [0.15, 0.2) is 0 Å². The lowest BCUT2D eigenvalue weighted by Gasteiger charge is -2.49. The van der Waals surface area contributed by atoms with Crippen molar-refractivity contribution in [1.29, 1.82) is 0 Å². The highest BCUT2D eigenvalue weighted by molar-refractivity contribution is 6.31. The Morgan fingerprint density at radius 2 is 1.91 bits per heavy atom. The van der Waals surface area contributed by atoms with Crippen LogP contribution >= 0.6 is 0 Å². The Kier molecular flexibility index (Phi) is 9.26. The largest absolute Gasteiger partial charge is 0.462 e. The Balaban J connectivity index is 1.84. The first kappa shape index (κ1) is 27.6. The first-order valence-electron chi connectivity index (χ1n) is 13.2. The normalized spacial score (nSPS) is 33.3. The molecule has 3 rings (SSSR count). The molecule has 3 fully saturated rings. The summed E-state index contributed by atoms with van der Waals surface area (Å²) in [4.78, 5) is 24.1. The van der Waals surface area contributed by atoms with E-state index in [9.17, 15) is 9.59 Å². The highest BCUT2D eigenvalue weighted by atomic mass is 28.2. The molecule has 0 bridgehead atoms. The van der Waals surface area contributed by atoms with Gasteiger partial charge >= 0.3 is 11.9 Å². The van der Waals surface area contributed by atoms with Gasteiger partial charge in [-0.1, -0.05) is 20.8 Å². The van der Waals surface area contributed by atoms with Crippen molar-refractivity contribution in [2.24, 2.45) is 5.41 Å². The van der Waals surface area contributed by atoms with Gasteiger partial charge in [-0.05, 0) is 70.3 Å². The molecule has 0 N–H and O–H groups in total. The van der Waals surface area contributed by atoms with E-state index >= 15 is 0 Å². The molecule has 0 aromatic carbocycles. The Hall–Kier alpha value is -0.963. The van der Waals surface area contributed by atoms with Crippen LogP contribution in [0.3, 0.4) is 0 Å². The Morgan fingerprint density at radius 3 is 2.53 bits per heavy atom. The number of ether oxygens (including phenoxy) is 4. The minimum atomic E-state index is -0.857. The number of hydrogen-bond acceptors (Lipinski definition) is 7. The lowest BCUT2D eigenvalue weighted by Crippen LogP contribution is -2.53. The predicted molar refractivity (Wildman–Crippen MR) is 132 cm³/mol. The van der Waals surface area contributed by atoms with Gasteiger partial charge in [-0.15, -0.1) is 0 Å². The van der Waals surface area contributed by atoms with E-state index in [2.05, 4.69) is 34.6 Å². The summed E-state index contributed by atoms with van der Waals surface area (Å²) in [7, 11) is -0.857. The fourth-order valence-corrected chi connectivity index (χ4v) is 6.80. The summed E-state index contributed by atoms with van der Waals surface area (Å²) >= 11 is 0. The van der Waals surface area contributed by atoms with Gasteiger partial charge in [0.2, 0.25) is 0 Å². The van der Waals surface area contributed by atoms with Gasteiger partial charge in [-0.3, -0.25) is 9.59 Å². The second-order valence-electron chi connectivity index (χ2n) is 12.2. The van der Waals surface area contributed by atoms with Crippen molar-refractivity contribution in [3.05, 3.63) is 0 Å². The van der Waals surface area contributed by atoms with E-state index in [0.717, 1.165) is 58.0 Å². The van der Waals surface area contributed by atoms with Crippen LogP contribution in [0.25, 0.3) is 0 Å². The summed E-state index contributed by atoms with van der Waals surface area (Å²) in [5, 5.41) is 0.138. The predicted octanol–water partition coefficient (Wildman–Crippen LogP) is 4.58. The van der Waals surface area contributed by atoms with Crippen molar-refractivity contribution < 1.29 is 33.0 Å². The third kappa shape index (κ3) is 7.28. The molecule has 0 amide bonds. The van der Waals surface area contributed by atoms with Crippen LogP contribution in [0.5, 0.6) is 0 Å². The standard InChI is InChI=1S/C26H46O7Si/c1-18(27)30-21-16-20(32-23-12-7-8-15-29-23)17-26(21,25(5,6)33-34-24(2,3)4)14-13-19-10-9-11-22(28)31-19/h19-21,23H,7-17,34H2,1-6H3. The van der Waals surface area contributed by atoms with E-state index < -0.39 is 20.8 Å². The number of rotatable bonds is 9. The van der Waals surface area contributed by atoms with E-state index in [1.165, 1.54) is 6.92 Å². The van der Waals surface area contributed by atoms with Gasteiger partial charge in [0.05, 0.1) is 11.7 Å². The fourth-order valence-electron chi connectivity index (χ4n) is 5.72. The monoisotopic (exact) mass is 498 g/mol. The summed E-state index contributed by atoms with van der Waals surface area (Å²) in [6.45, 7) is 13.2. The second kappa shape index (κ2) is 11.4. The van der Waals surface area contributed by atoms with E-state index in [0.29, 0.717) is 12.8 Å². The van der Waals surface area contributed by atoms with Crippen LogP contribution < -0.4 is 0 Å². The van der Waals surface area contributed by atoms with Gasteiger partial charge in [-0.25, -0.2) is 0 Å². The average Bonchev–Trinajstić information content (AvgIpc) is 3.09. The highest BCUT2D eigenvalue weighted by Gasteiger charge is 2.59. The van der Waals surface area contributed by atoms with Gasteiger partial charge in [0.15, 0.2) is 16.1 Å². The summed E-state index contributed by atoms with van der Waals surface area (Å²) in [5.74, 6) is -0.392. The molecule has 1 aliphatic carbocycles. The van der Waals surface area contributed by atoms with E-state index in [1.54, 1.807) is 0 Å². The maximum absolute atomic E-state index is 12.2. The zero-order valence-electron chi connectivity index (χ0n) is 22.2. The van der Waals surface area contributed by atoms with Crippen molar-refractivity contribution in [3.8, 4) is 0 Å². The molecule has 2 heterocycles. The number of cyclic esters (lactones) is 1. The molecule has 5 unspecified atom stereocenters. The van der Waals surface area contributed by atoms with Crippen molar-refractivity contribution in [3.63, 3.8) is 0 Å². The van der Waals surface area contributed by atoms with Crippen molar-refractivity contribution >= 4 is 21.7 Å². The zero-order valence-corrected chi connectivity index (χ0v) is 23.6. The molecule has 0 aromatic heterocycles. The molecule has 5 atom stereocenters. The SMILES string of the molecule is CC(=O)OC1CC(OC2CCCCO2)CC1(CCC1CCCC(=O)O1)C(C)(C)O[SiH2]C(C)(C)C. The molecule has 0 radical (unpaired) electrons. The van der Waals surface area contributed by atoms with Gasteiger partial charge in [0.25, 0.3) is 0 Å². The van der Waals surface area contributed by atoms with Gasteiger partial charge in [0.1, 0.15) is 12.2 Å². The Morgan fingerprint density at radius 1 is 1.15 bits per heavy atom. The molecule has 196 valence electrons. The van der Waals surface area contributed by atoms with Crippen LogP contribution in [-0.4, -0.2) is 58.5 Å². The molecule has 7 nitrogen and oxygen atoms in total. The van der Waals surface area contributed by atoms with E-state index in [1.807, 2.05) is 0 Å². The van der Waals surface area contributed by atoms with Gasteiger partial charge < -0.3 is 23.4 Å². The quantitative estimate of drug-likeness (QED) is 0.340. The maximum Gasteiger partial charge on any atom is 0.306 e. The minimum absolute atomic E-state index is 0.0689. The Bertz CT molecular complexity index is 698. The molecule has 0 aromatic rings. The van der Waals surface area contributed by atoms with Crippen LogP contribution in [0, 0.1) is 5.41 Å². The van der Waals surface area contributed by atoms with Crippen molar-refractivity contribution in [2.75, 3.05) is 6.61 Å². The molecule has 0 spiro atoms. The minimum Gasteiger partial charge on any atom is -0.462 e. The lowest BCUT2D eigenvalue weighted by atomic mass is 9.67. The van der Waals surface area contributed by atoms with Gasteiger partial charge in [0, 0.05) is 31.8 Å². The van der Waals surface area contributed by atoms with Crippen LogP contribution in [-0.2, 0) is 33.0 Å². The number of esters is 2. The summed E-state index contributed by atoms with van der Waals surface area (Å²) in [6.07, 6.45) is 7.51. The number of carbonyl (C=O) groups is 2.